The molecule has 0 aromatic heterocycles. The Morgan fingerprint density at radius 1 is 1.12 bits per heavy atom. The minimum atomic E-state index is -0.321. The van der Waals surface area contributed by atoms with Crippen molar-refractivity contribution in [3.8, 4) is 0 Å². The third-order valence-electron chi connectivity index (χ3n) is 5.42. The topological polar surface area (TPSA) is 60.4 Å². The van der Waals surface area contributed by atoms with Gasteiger partial charge < -0.3 is 4.74 Å². The molecule has 0 unspecified atom stereocenters. The highest BCUT2D eigenvalue weighted by atomic mass is 16.5. The molecule has 2 aliphatic rings. The lowest BCUT2D eigenvalue weighted by atomic mass is 9.67. The summed E-state index contributed by atoms with van der Waals surface area (Å²) in [6.07, 6.45) is 4.03. The number of esters is 1. The van der Waals surface area contributed by atoms with Crippen LogP contribution in [0.25, 0.3) is 0 Å². The van der Waals surface area contributed by atoms with Crippen molar-refractivity contribution in [2.24, 2.45) is 17.8 Å². The van der Waals surface area contributed by atoms with E-state index in [2.05, 4.69) is 0 Å². The van der Waals surface area contributed by atoms with Crippen LogP contribution in [0.5, 0.6) is 0 Å². The molecule has 2 aliphatic carbocycles. The van der Waals surface area contributed by atoms with E-state index in [1.165, 1.54) is 0 Å². The van der Waals surface area contributed by atoms with Gasteiger partial charge in [0.25, 0.3) is 0 Å². The van der Waals surface area contributed by atoms with Crippen molar-refractivity contribution >= 4 is 17.5 Å². The number of Topliss-reactive ketones (excluding diaryl/α,β-unsaturated/α-hetero) is 2. The van der Waals surface area contributed by atoms with Gasteiger partial charge in [-0.05, 0) is 51.2 Å². The zero-order valence-corrected chi connectivity index (χ0v) is 14.3. The third kappa shape index (κ3) is 3.42. The zero-order valence-electron chi connectivity index (χ0n) is 14.3. The molecule has 2 saturated carbocycles. The van der Waals surface area contributed by atoms with Crippen molar-refractivity contribution in [1.29, 1.82) is 0 Å². The van der Waals surface area contributed by atoms with Crippen molar-refractivity contribution in [3.05, 3.63) is 34.9 Å². The summed E-state index contributed by atoms with van der Waals surface area (Å²) in [5, 5.41) is 0. The van der Waals surface area contributed by atoms with Gasteiger partial charge in [-0.1, -0.05) is 24.1 Å². The normalized spacial score (nSPS) is 26.1. The van der Waals surface area contributed by atoms with E-state index in [1.54, 1.807) is 0 Å². The van der Waals surface area contributed by atoms with E-state index >= 15 is 0 Å². The molecule has 1 aromatic carbocycles. The lowest BCUT2D eigenvalue weighted by Gasteiger charge is -2.36. The van der Waals surface area contributed by atoms with Crippen LogP contribution in [-0.2, 0) is 14.3 Å². The van der Waals surface area contributed by atoms with Crippen LogP contribution in [-0.4, -0.2) is 24.1 Å². The average molecular weight is 328 g/mol. The molecule has 0 spiro atoms. The Morgan fingerprint density at radius 2 is 1.79 bits per heavy atom. The summed E-state index contributed by atoms with van der Waals surface area (Å²) in [6.45, 7) is 3.59. The molecule has 4 heteroatoms. The van der Waals surface area contributed by atoms with Gasteiger partial charge in [0.1, 0.15) is 5.78 Å². The van der Waals surface area contributed by atoms with Crippen LogP contribution >= 0.6 is 0 Å². The smallest absolute Gasteiger partial charge is 0.309 e. The lowest BCUT2D eigenvalue weighted by Crippen LogP contribution is -2.39. The Labute approximate surface area is 142 Å². The molecule has 3 rings (SSSR count). The number of ether oxygens (including phenoxy) is 1. The summed E-state index contributed by atoms with van der Waals surface area (Å²) in [6, 6.07) is 5.68. The number of rotatable bonds is 4. The zero-order chi connectivity index (χ0) is 17.3. The van der Waals surface area contributed by atoms with Crippen LogP contribution in [0.15, 0.2) is 18.2 Å². The Morgan fingerprint density at radius 3 is 2.46 bits per heavy atom. The molecule has 0 radical (unpaired) electrons. The van der Waals surface area contributed by atoms with E-state index in [-0.39, 0.29) is 36.1 Å². The number of carbonyl (C=O) groups excluding carboxylic acids is 3. The van der Waals surface area contributed by atoms with E-state index in [0.29, 0.717) is 24.2 Å². The van der Waals surface area contributed by atoms with E-state index in [1.807, 2.05) is 32.0 Å². The molecule has 1 aromatic rings. The fraction of sp³-hybridized carbons (Fsp3) is 0.550. The summed E-state index contributed by atoms with van der Waals surface area (Å²) < 4.78 is 5.29. The predicted molar refractivity (Wildman–Crippen MR) is 89.8 cm³/mol. The van der Waals surface area contributed by atoms with Crippen molar-refractivity contribution < 1.29 is 19.1 Å². The van der Waals surface area contributed by atoms with Gasteiger partial charge in [-0.15, -0.1) is 0 Å². The molecule has 4 nitrogen and oxygen atoms in total. The summed E-state index contributed by atoms with van der Waals surface area (Å²) in [4.78, 5) is 36.7. The molecular weight excluding hydrogens is 304 g/mol. The van der Waals surface area contributed by atoms with Gasteiger partial charge in [0.15, 0.2) is 6.61 Å². The summed E-state index contributed by atoms with van der Waals surface area (Å²) in [5.41, 5.74) is 2.51. The Hall–Kier alpha value is -1.97. The number of aryl methyl sites for hydroxylation is 2. The SMILES string of the molecule is Cc1ccc(C)c(C(=O)COC(=O)C2C[C@@H]3CCC[C@@H](C2)C3=O)c1. The van der Waals surface area contributed by atoms with Crippen LogP contribution in [0, 0.1) is 31.6 Å². The highest BCUT2D eigenvalue weighted by molar-refractivity contribution is 5.99. The molecule has 0 N–H and O–H groups in total. The van der Waals surface area contributed by atoms with Crippen LogP contribution in [0.1, 0.15) is 53.6 Å². The summed E-state index contributed by atoms with van der Waals surface area (Å²) in [7, 11) is 0. The Kier molecular flexibility index (Phi) is 4.83. The van der Waals surface area contributed by atoms with Crippen LogP contribution in [0.4, 0.5) is 0 Å². The van der Waals surface area contributed by atoms with Crippen LogP contribution in [0.3, 0.4) is 0 Å². The second-order valence-electron chi connectivity index (χ2n) is 7.24. The van der Waals surface area contributed by atoms with Crippen molar-refractivity contribution in [2.45, 2.75) is 46.0 Å². The first-order valence-corrected chi connectivity index (χ1v) is 8.76. The number of hydrogen-bond acceptors (Lipinski definition) is 4. The number of fused-ring (bicyclic) bond motifs is 2. The number of hydrogen-bond donors (Lipinski definition) is 0. The van der Waals surface area contributed by atoms with Crippen molar-refractivity contribution in [1.82, 2.24) is 0 Å². The maximum Gasteiger partial charge on any atom is 0.309 e. The van der Waals surface area contributed by atoms with Crippen LogP contribution in [0.2, 0.25) is 0 Å². The molecule has 2 fully saturated rings. The first-order chi connectivity index (χ1) is 11.5. The minimum Gasteiger partial charge on any atom is -0.457 e. The number of benzene rings is 1. The predicted octanol–water partition coefficient (Wildman–Crippen LogP) is 3.42. The molecule has 0 aliphatic heterocycles. The molecular formula is C20H24O4. The van der Waals surface area contributed by atoms with E-state index in [4.69, 9.17) is 4.74 Å². The lowest BCUT2D eigenvalue weighted by molar-refractivity contribution is -0.152. The molecule has 2 bridgehead atoms. The van der Waals surface area contributed by atoms with Gasteiger partial charge in [0.2, 0.25) is 5.78 Å². The van der Waals surface area contributed by atoms with E-state index in [9.17, 15) is 14.4 Å². The minimum absolute atomic E-state index is 0.0183. The standard InChI is InChI=1S/C20H24O4/c1-12-6-7-13(2)17(8-12)18(21)11-24-20(23)16-9-14-4-3-5-15(10-16)19(14)22/h6-8,14-16H,3-5,9-11H2,1-2H3/t14-,15-/m0/s1. The summed E-state index contributed by atoms with van der Waals surface area (Å²) in [5.74, 6) is -0.356. The number of carbonyl (C=O) groups is 3. The monoisotopic (exact) mass is 328 g/mol. The van der Waals surface area contributed by atoms with E-state index in [0.717, 1.165) is 30.4 Å². The van der Waals surface area contributed by atoms with Crippen LogP contribution < -0.4 is 0 Å². The first kappa shape index (κ1) is 16.9. The van der Waals surface area contributed by atoms with Gasteiger partial charge in [-0.2, -0.15) is 0 Å². The van der Waals surface area contributed by atoms with Gasteiger partial charge >= 0.3 is 5.97 Å². The first-order valence-electron chi connectivity index (χ1n) is 8.76. The molecule has 0 heterocycles. The molecule has 24 heavy (non-hydrogen) atoms. The Balaban J connectivity index is 1.58. The largest absolute Gasteiger partial charge is 0.457 e. The highest BCUT2D eigenvalue weighted by Crippen LogP contribution is 2.40. The second kappa shape index (κ2) is 6.88. The fourth-order valence-electron chi connectivity index (χ4n) is 4.04. The maximum absolute atomic E-state index is 12.3. The molecule has 128 valence electrons. The molecule has 0 amide bonds. The average Bonchev–Trinajstić information content (AvgIpc) is 2.54. The van der Waals surface area contributed by atoms with E-state index < -0.39 is 0 Å². The highest BCUT2D eigenvalue weighted by Gasteiger charge is 2.41. The molecule has 2 atom stereocenters. The van der Waals surface area contributed by atoms with Gasteiger partial charge in [-0.25, -0.2) is 0 Å². The fourth-order valence-corrected chi connectivity index (χ4v) is 4.04. The van der Waals surface area contributed by atoms with Crippen molar-refractivity contribution in [3.63, 3.8) is 0 Å². The van der Waals surface area contributed by atoms with Gasteiger partial charge in [0.05, 0.1) is 5.92 Å². The second-order valence-corrected chi connectivity index (χ2v) is 7.24. The molecule has 0 saturated heterocycles. The maximum atomic E-state index is 12.3. The Bertz CT molecular complexity index is 660. The quantitative estimate of drug-likeness (QED) is 0.627. The van der Waals surface area contributed by atoms with Crippen molar-refractivity contribution in [2.75, 3.05) is 6.61 Å². The van der Waals surface area contributed by atoms with Gasteiger partial charge in [0, 0.05) is 17.4 Å². The number of ketones is 2. The third-order valence-corrected chi connectivity index (χ3v) is 5.42. The summed E-state index contributed by atoms with van der Waals surface area (Å²) >= 11 is 0. The van der Waals surface area contributed by atoms with Gasteiger partial charge in [-0.3, -0.25) is 14.4 Å².